The fourth-order valence-corrected chi connectivity index (χ4v) is 3.87. The number of sulfonamides is 1. The van der Waals surface area contributed by atoms with E-state index in [-0.39, 0.29) is 10.6 Å². The molecule has 2 amide bonds. The number of aryl methyl sites for hydroxylation is 1. The maximum Gasteiger partial charge on any atom is 0.337 e. The fourth-order valence-electron chi connectivity index (χ4n) is 2.16. The highest BCUT2D eigenvalue weighted by Crippen LogP contribution is 2.23. The first-order chi connectivity index (χ1) is 12.0. The molecule has 0 aliphatic heterocycles. The first kappa shape index (κ1) is 21.9. The third-order valence-corrected chi connectivity index (χ3v) is 6.02. The average Bonchev–Trinajstić information content (AvgIpc) is 2.55. The largest absolute Gasteiger partial charge is 0.479 e. The van der Waals surface area contributed by atoms with E-state index < -0.39 is 34.2 Å². The number of urea groups is 1. The van der Waals surface area contributed by atoms with Crippen LogP contribution in [0.15, 0.2) is 23.1 Å². The van der Waals surface area contributed by atoms with Crippen LogP contribution < -0.4 is 10.6 Å². The number of aliphatic hydroxyl groups is 1. The van der Waals surface area contributed by atoms with Crippen molar-refractivity contribution >= 4 is 27.7 Å². The summed E-state index contributed by atoms with van der Waals surface area (Å²) in [5.41, 5.74) is -1.34. The Bertz CT molecular complexity index is 772. The number of anilines is 1. The Morgan fingerprint density at radius 1 is 1.23 bits per heavy atom. The van der Waals surface area contributed by atoms with Crippen molar-refractivity contribution in [2.45, 2.75) is 38.2 Å². The number of carbonyl (C=O) groups is 2. The number of aliphatic carboxylic acids is 1. The molecule has 0 bridgehead atoms. The Labute approximate surface area is 153 Å². The van der Waals surface area contributed by atoms with Crippen molar-refractivity contribution in [3.8, 4) is 0 Å². The highest BCUT2D eigenvalue weighted by Gasteiger charge is 2.30. The molecule has 9 nitrogen and oxygen atoms in total. The van der Waals surface area contributed by atoms with Crippen LogP contribution in [0.3, 0.4) is 0 Å². The van der Waals surface area contributed by atoms with Gasteiger partial charge in [0.25, 0.3) is 0 Å². The summed E-state index contributed by atoms with van der Waals surface area (Å²) in [5, 5.41) is 23.0. The Balaban J connectivity index is 2.97. The molecule has 146 valence electrons. The topological polar surface area (TPSA) is 136 Å². The fraction of sp³-hybridized carbons (Fsp3) is 0.500. The molecule has 1 atom stereocenters. The molecular formula is C16H25N3O6S. The van der Waals surface area contributed by atoms with Crippen LogP contribution >= 0.6 is 0 Å². The number of benzene rings is 1. The lowest BCUT2D eigenvalue weighted by atomic mass is 10.1. The summed E-state index contributed by atoms with van der Waals surface area (Å²) < 4.78 is 26.7. The molecule has 1 aromatic carbocycles. The van der Waals surface area contributed by atoms with Gasteiger partial charge in [0.05, 0.1) is 11.4 Å². The van der Waals surface area contributed by atoms with E-state index in [4.69, 9.17) is 5.11 Å². The van der Waals surface area contributed by atoms with Gasteiger partial charge in [-0.25, -0.2) is 18.0 Å². The van der Waals surface area contributed by atoms with Crippen molar-refractivity contribution in [2.75, 3.05) is 25.0 Å². The van der Waals surface area contributed by atoms with Crippen LogP contribution in [-0.4, -0.2) is 60.2 Å². The number of nitrogens with one attached hydrogen (secondary N) is 2. The predicted octanol–water partition coefficient (Wildman–Crippen LogP) is 0.983. The molecule has 0 radical (unpaired) electrons. The molecule has 26 heavy (non-hydrogen) atoms. The molecule has 1 aromatic rings. The van der Waals surface area contributed by atoms with E-state index in [0.29, 0.717) is 18.7 Å². The number of nitrogens with zero attached hydrogens (tertiary/aromatic N) is 1. The summed E-state index contributed by atoms with van der Waals surface area (Å²) >= 11 is 0. The van der Waals surface area contributed by atoms with Crippen molar-refractivity contribution in [2.24, 2.45) is 0 Å². The van der Waals surface area contributed by atoms with Crippen molar-refractivity contribution in [1.29, 1.82) is 0 Å². The van der Waals surface area contributed by atoms with E-state index in [1.807, 2.05) is 0 Å². The van der Waals surface area contributed by atoms with E-state index in [1.54, 1.807) is 26.8 Å². The van der Waals surface area contributed by atoms with Gasteiger partial charge in [-0.15, -0.1) is 0 Å². The first-order valence-electron chi connectivity index (χ1n) is 8.07. The molecule has 0 heterocycles. The summed E-state index contributed by atoms with van der Waals surface area (Å²) in [6.07, 6.45) is 0. The van der Waals surface area contributed by atoms with Crippen LogP contribution in [0.1, 0.15) is 26.3 Å². The van der Waals surface area contributed by atoms with Gasteiger partial charge in [0.2, 0.25) is 10.0 Å². The molecule has 0 aliphatic rings. The Hall–Kier alpha value is -2.17. The lowest BCUT2D eigenvalue weighted by Crippen LogP contribution is -2.47. The van der Waals surface area contributed by atoms with Gasteiger partial charge < -0.3 is 20.8 Å². The molecule has 0 spiro atoms. The number of hydrogen-bond acceptors (Lipinski definition) is 5. The standard InChI is InChI=1S/C16H25N3O6S/c1-5-19(6-2)26(24,25)13-9-12(8-7-11(13)3)18-15(22)17-10-16(4,23)14(20)21/h7-9,23H,5-6,10H2,1-4H3,(H,20,21)(H2,17,18,22). The minimum atomic E-state index is -3.69. The SMILES string of the molecule is CCN(CC)S(=O)(=O)c1cc(NC(=O)NCC(C)(O)C(=O)O)ccc1C. The maximum atomic E-state index is 12.7. The zero-order valence-corrected chi connectivity index (χ0v) is 16.1. The van der Waals surface area contributed by atoms with Crippen molar-refractivity contribution in [3.05, 3.63) is 23.8 Å². The smallest absolute Gasteiger partial charge is 0.337 e. The molecule has 1 rings (SSSR count). The van der Waals surface area contributed by atoms with Gasteiger partial charge in [0.15, 0.2) is 5.60 Å². The molecule has 0 saturated heterocycles. The van der Waals surface area contributed by atoms with Gasteiger partial charge >= 0.3 is 12.0 Å². The monoisotopic (exact) mass is 387 g/mol. The molecule has 10 heteroatoms. The number of carbonyl (C=O) groups excluding carboxylic acids is 1. The normalized spacial score (nSPS) is 13.9. The van der Waals surface area contributed by atoms with Crippen LogP contribution in [0.4, 0.5) is 10.5 Å². The van der Waals surface area contributed by atoms with Gasteiger partial charge in [-0.2, -0.15) is 4.31 Å². The third kappa shape index (κ3) is 5.16. The zero-order chi connectivity index (χ0) is 20.1. The molecule has 0 aliphatic carbocycles. The lowest BCUT2D eigenvalue weighted by Gasteiger charge is -2.21. The van der Waals surface area contributed by atoms with Crippen molar-refractivity contribution in [1.82, 2.24) is 9.62 Å². The summed E-state index contributed by atoms with van der Waals surface area (Å²) in [7, 11) is -3.69. The Morgan fingerprint density at radius 2 is 1.81 bits per heavy atom. The second-order valence-corrected chi connectivity index (χ2v) is 7.86. The van der Waals surface area contributed by atoms with Gasteiger partial charge in [0.1, 0.15) is 0 Å². The molecule has 1 unspecified atom stereocenters. The van der Waals surface area contributed by atoms with Crippen molar-refractivity contribution < 1.29 is 28.2 Å². The Kier molecular flexibility index (Phi) is 7.13. The molecule has 0 aromatic heterocycles. The van der Waals surface area contributed by atoms with Crippen LogP contribution in [0.2, 0.25) is 0 Å². The number of carboxylic acids is 1. The predicted molar refractivity (Wildman–Crippen MR) is 96.6 cm³/mol. The minimum Gasteiger partial charge on any atom is -0.479 e. The van der Waals surface area contributed by atoms with Gasteiger partial charge in [0, 0.05) is 18.8 Å². The molecule has 0 fully saturated rings. The lowest BCUT2D eigenvalue weighted by molar-refractivity contribution is -0.155. The highest BCUT2D eigenvalue weighted by molar-refractivity contribution is 7.89. The quantitative estimate of drug-likeness (QED) is 0.525. The Morgan fingerprint density at radius 3 is 2.31 bits per heavy atom. The van der Waals surface area contributed by atoms with E-state index in [2.05, 4.69) is 10.6 Å². The minimum absolute atomic E-state index is 0.0801. The van der Waals surface area contributed by atoms with Crippen LogP contribution in [0.25, 0.3) is 0 Å². The molecule has 4 N–H and O–H groups in total. The highest BCUT2D eigenvalue weighted by atomic mass is 32.2. The van der Waals surface area contributed by atoms with Crippen LogP contribution in [0, 0.1) is 6.92 Å². The van der Waals surface area contributed by atoms with Crippen LogP contribution in [-0.2, 0) is 14.8 Å². The first-order valence-corrected chi connectivity index (χ1v) is 9.51. The summed E-state index contributed by atoms with van der Waals surface area (Å²) in [6, 6.07) is 3.68. The average molecular weight is 387 g/mol. The maximum absolute atomic E-state index is 12.7. The number of carboxylic acid groups (broad SMARTS) is 1. The van der Waals surface area contributed by atoms with Crippen LogP contribution in [0.5, 0.6) is 0 Å². The molecule has 0 saturated carbocycles. The van der Waals surface area contributed by atoms with Gasteiger partial charge in [-0.3, -0.25) is 0 Å². The summed E-state index contributed by atoms with van der Waals surface area (Å²) in [6.45, 7) is 6.31. The van der Waals surface area contributed by atoms with Gasteiger partial charge in [-0.1, -0.05) is 19.9 Å². The third-order valence-electron chi connectivity index (χ3n) is 3.82. The van der Waals surface area contributed by atoms with E-state index in [0.717, 1.165) is 6.92 Å². The summed E-state index contributed by atoms with van der Waals surface area (Å²) in [4.78, 5) is 22.8. The number of amides is 2. The van der Waals surface area contributed by atoms with E-state index in [1.165, 1.54) is 16.4 Å². The van der Waals surface area contributed by atoms with E-state index >= 15 is 0 Å². The molecular weight excluding hydrogens is 362 g/mol. The van der Waals surface area contributed by atoms with Crippen molar-refractivity contribution in [3.63, 3.8) is 0 Å². The second kappa shape index (κ2) is 8.47. The second-order valence-electron chi connectivity index (χ2n) is 5.96. The number of hydrogen-bond donors (Lipinski definition) is 4. The van der Waals surface area contributed by atoms with Gasteiger partial charge in [-0.05, 0) is 31.5 Å². The van der Waals surface area contributed by atoms with E-state index in [9.17, 15) is 23.1 Å². The summed E-state index contributed by atoms with van der Waals surface area (Å²) in [5.74, 6) is -1.47. The number of rotatable bonds is 8. The zero-order valence-electron chi connectivity index (χ0n) is 15.2.